The molecular formula is C16H21N3O2S. The monoisotopic (exact) mass is 319 g/mol. The summed E-state index contributed by atoms with van der Waals surface area (Å²) in [6.07, 6.45) is 4.56. The fourth-order valence-corrected chi connectivity index (χ4v) is 4.76. The number of hydrogen-bond donors (Lipinski definition) is 0. The predicted octanol–water partition coefficient (Wildman–Crippen LogP) is 2.19. The maximum atomic E-state index is 13.0. The van der Waals surface area contributed by atoms with Crippen molar-refractivity contribution >= 4 is 27.5 Å². The Balaban J connectivity index is 1.92. The first-order valence-electron chi connectivity index (χ1n) is 8.17. The van der Waals surface area contributed by atoms with Crippen LogP contribution in [0, 0.1) is 0 Å². The van der Waals surface area contributed by atoms with Crippen LogP contribution in [-0.2, 0) is 24.1 Å². The third-order valence-electron chi connectivity index (χ3n) is 4.66. The Bertz CT molecular complexity index is 759. The van der Waals surface area contributed by atoms with Crippen LogP contribution in [0.15, 0.2) is 4.79 Å². The molecule has 0 N–H and O–H groups in total. The molecular weight excluding hydrogens is 298 g/mol. The van der Waals surface area contributed by atoms with Gasteiger partial charge in [0.1, 0.15) is 4.83 Å². The van der Waals surface area contributed by atoms with Crippen molar-refractivity contribution < 1.29 is 4.74 Å². The second kappa shape index (κ2) is 5.66. The molecule has 0 radical (unpaired) electrons. The lowest BCUT2D eigenvalue weighted by molar-refractivity contribution is 0.121. The number of anilines is 1. The third kappa shape index (κ3) is 2.16. The van der Waals surface area contributed by atoms with Crippen LogP contribution in [-0.4, -0.2) is 35.9 Å². The van der Waals surface area contributed by atoms with Gasteiger partial charge in [0.25, 0.3) is 5.56 Å². The van der Waals surface area contributed by atoms with Crippen LogP contribution < -0.4 is 10.5 Å². The molecule has 0 saturated carbocycles. The van der Waals surface area contributed by atoms with Crippen molar-refractivity contribution in [1.29, 1.82) is 0 Å². The molecule has 118 valence electrons. The number of morpholine rings is 1. The molecule has 4 rings (SSSR count). The average molecular weight is 319 g/mol. The fourth-order valence-electron chi connectivity index (χ4n) is 3.52. The molecule has 0 unspecified atom stereocenters. The molecule has 6 heteroatoms. The zero-order valence-corrected chi connectivity index (χ0v) is 13.7. The lowest BCUT2D eigenvalue weighted by atomic mass is 9.97. The summed E-state index contributed by atoms with van der Waals surface area (Å²) in [7, 11) is 0. The summed E-state index contributed by atoms with van der Waals surface area (Å²) >= 11 is 1.73. The Labute approximate surface area is 133 Å². The van der Waals surface area contributed by atoms with Gasteiger partial charge in [-0.1, -0.05) is 0 Å². The van der Waals surface area contributed by atoms with Crippen molar-refractivity contribution in [2.45, 2.75) is 39.2 Å². The Morgan fingerprint density at radius 1 is 1.23 bits per heavy atom. The topological polar surface area (TPSA) is 47.4 Å². The standard InChI is InChI=1S/C16H21N3O2S/c1-2-19-15(20)13-11-5-3-4-6-12(11)22-14(13)17-16(19)18-7-9-21-10-8-18/h2-10H2,1H3. The number of fused-ring (bicyclic) bond motifs is 3. The van der Waals surface area contributed by atoms with Crippen molar-refractivity contribution in [2.75, 3.05) is 31.2 Å². The normalized spacial score (nSPS) is 18.7. The lowest BCUT2D eigenvalue weighted by Gasteiger charge is -2.29. The lowest BCUT2D eigenvalue weighted by Crippen LogP contribution is -2.40. The number of hydrogen-bond acceptors (Lipinski definition) is 5. The molecule has 1 saturated heterocycles. The van der Waals surface area contributed by atoms with Crippen LogP contribution in [0.25, 0.3) is 10.2 Å². The molecule has 0 atom stereocenters. The molecule has 1 aliphatic carbocycles. The Morgan fingerprint density at radius 3 is 2.77 bits per heavy atom. The molecule has 2 aromatic heterocycles. The van der Waals surface area contributed by atoms with Crippen LogP contribution >= 0.6 is 11.3 Å². The van der Waals surface area contributed by atoms with E-state index in [0.29, 0.717) is 19.8 Å². The van der Waals surface area contributed by atoms with Crippen molar-refractivity contribution in [2.24, 2.45) is 0 Å². The zero-order valence-electron chi connectivity index (χ0n) is 12.9. The number of aromatic nitrogens is 2. The van der Waals surface area contributed by atoms with E-state index in [1.807, 2.05) is 11.5 Å². The van der Waals surface area contributed by atoms with E-state index in [1.165, 1.54) is 23.3 Å². The Hall–Kier alpha value is -1.40. The van der Waals surface area contributed by atoms with Gasteiger partial charge in [0.15, 0.2) is 0 Å². The first-order valence-corrected chi connectivity index (χ1v) is 8.99. The van der Waals surface area contributed by atoms with E-state index < -0.39 is 0 Å². The maximum Gasteiger partial charge on any atom is 0.263 e. The van der Waals surface area contributed by atoms with Gasteiger partial charge in [0, 0.05) is 24.5 Å². The van der Waals surface area contributed by atoms with E-state index in [9.17, 15) is 4.79 Å². The second-order valence-electron chi connectivity index (χ2n) is 5.95. The van der Waals surface area contributed by atoms with Crippen LogP contribution in [0.5, 0.6) is 0 Å². The summed E-state index contributed by atoms with van der Waals surface area (Å²) < 4.78 is 7.27. The quantitative estimate of drug-likeness (QED) is 0.851. The molecule has 2 aliphatic rings. The first kappa shape index (κ1) is 14.2. The predicted molar refractivity (Wildman–Crippen MR) is 89.2 cm³/mol. The number of nitrogens with zero attached hydrogens (tertiary/aromatic N) is 3. The number of ether oxygens (including phenoxy) is 1. The van der Waals surface area contributed by atoms with Crippen LogP contribution in [0.3, 0.4) is 0 Å². The highest BCUT2D eigenvalue weighted by Gasteiger charge is 2.24. The van der Waals surface area contributed by atoms with Gasteiger partial charge in [-0.3, -0.25) is 9.36 Å². The smallest absolute Gasteiger partial charge is 0.263 e. The first-order chi connectivity index (χ1) is 10.8. The van der Waals surface area contributed by atoms with Gasteiger partial charge in [-0.15, -0.1) is 11.3 Å². The zero-order chi connectivity index (χ0) is 15.1. The molecule has 5 nitrogen and oxygen atoms in total. The van der Waals surface area contributed by atoms with Crippen molar-refractivity contribution in [3.63, 3.8) is 0 Å². The van der Waals surface area contributed by atoms with Crippen molar-refractivity contribution in [1.82, 2.24) is 9.55 Å². The van der Waals surface area contributed by atoms with Gasteiger partial charge in [0.05, 0.1) is 18.6 Å². The highest BCUT2D eigenvalue weighted by atomic mass is 32.1. The number of aryl methyl sites for hydroxylation is 2. The van der Waals surface area contributed by atoms with Crippen molar-refractivity contribution in [3.05, 3.63) is 20.8 Å². The molecule has 0 aromatic carbocycles. The van der Waals surface area contributed by atoms with Crippen LogP contribution in [0.2, 0.25) is 0 Å². The highest BCUT2D eigenvalue weighted by Crippen LogP contribution is 2.34. The van der Waals surface area contributed by atoms with E-state index >= 15 is 0 Å². The van der Waals surface area contributed by atoms with E-state index in [1.54, 1.807) is 11.3 Å². The summed E-state index contributed by atoms with van der Waals surface area (Å²) in [4.78, 5) is 22.4. The molecule has 3 heterocycles. The minimum atomic E-state index is 0.147. The average Bonchev–Trinajstić information content (AvgIpc) is 2.94. The van der Waals surface area contributed by atoms with Crippen LogP contribution in [0.4, 0.5) is 5.95 Å². The van der Waals surface area contributed by atoms with Gasteiger partial charge in [0.2, 0.25) is 5.95 Å². The molecule has 0 amide bonds. The van der Waals surface area contributed by atoms with E-state index in [4.69, 9.17) is 9.72 Å². The van der Waals surface area contributed by atoms with E-state index in [-0.39, 0.29) is 5.56 Å². The second-order valence-corrected chi connectivity index (χ2v) is 7.04. The van der Waals surface area contributed by atoms with E-state index in [0.717, 1.165) is 42.1 Å². The number of rotatable bonds is 2. The largest absolute Gasteiger partial charge is 0.378 e. The van der Waals surface area contributed by atoms with Crippen molar-refractivity contribution in [3.8, 4) is 0 Å². The molecule has 22 heavy (non-hydrogen) atoms. The van der Waals surface area contributed by atoms with Gasteiger partial charge in [-0.2, -0.15) is 0 Å². The minimum absolute atomic E-state index is 0.147. The minimum Gasteiger partial charge on any atom is -0.378 e. The summed E-state index contributed by atoms with van der Waals surface area (Å²) in [6, 6.07) is 0. The fraction of sp³-hybridized carbons (Fsp3) is 0.625. The third-order valence-corrected chi connectivity index (χ3v) is 5.85. The molecule has 1 fully saturated rings. The summed E-state index contributed by atoms with van der Waals surface area (Å²) in [6.45, 7) is 5.72. The summed E-state index contributed by atoms with van der Waals surface area (Å²) in [5, 5.41) is 0.888. The highest BCUT2D eigenvalue weighted by molar-refractivity contribution is 7.18. The van der Waals surface area contributed by atoms with Gasteiger partial charge in [-0.05, 0) is 38.2 Å². The summed E-state index contributed by atoms with van der Waals surface area (Å²) in [5.41, 5.74) is 1.42. The van der Waals surface area contributed by atoms with Gasteiger partial charge in [-0.25, -0.2) is 4.98 Å². The van der Waals surface area contributed by atoms with Gasteiger partial charge >= 0.3 is 0 Å². The van der Waals surface area contributed by atoms with E-state index in [2.05, 4.69) is 4.90 Å². The Kier molecular flexibility index (Phi) is 3.66. The Morgan fingerprint density at radius 2 is 2.00 bits per heavy atom. The SMILES string of the molecule is CCn1c(N2CCOCC2)nc2sc3c(c2c1=O)CCCC3. The molecule has 1 aliphatic heterocycles. The molecule has 2 aromatic rings. The number of thiophene rings is 1. The molecule has 0 bridgehead atoms. The van der Waals surface area contributed by atoms with Crippen LogP contribution in [0.1, 0.15) is 30.2 Å². The summed E-state index contributed by atoms with van der Waals surface area (Å²) in [5.74, 6) is 0.821. The maximum absolute atomic E-state index is 13.0. The van der Waals surface area contributed by atoms with Gasteiger partial charge < -0.3 is 9.64 Å². The molecule has 0 spiro atoms.